The number of rotatable bonds is 6. The van der Waals surface area contributed by atoms with Crippen molar-refractivity contribution < 1.29 is 22.7 Å². The van der Waals surface area contributed by atoms with Crippen molar-refractivity contribution in [3.63, 3.8) is 0 Å². The summed E-state index contributed by atoms with van der Waals surface area (Å²) in [5.41, 5.74) is 4.01. The molecule has 2 aliphatic heterocycles. The van der Waals surface area contributed by atoms with Gasteiger partial charge in [-0.1, -0.05) is 6.07 Å². The first-order valence-corrected chi connectivity index (χ1v) is 11.4. The second-order valence-electron chi connectivity index (χ2n) is 9.14. The maximum absolute atomic E-state index is 13.2. The number of hydrazine groups is 1. The van der Waals surface area contributed by atoms with E-state index in [4.69, 9.17) is 4.74 Å². The second kappa shape index (κ2) is 8.79. The molecule has 3 fully saturated rings. The molecule has 1 aliphatic carbocycles. The number of hydrogen-bond acceptors (Lipinski definition) is 7. The summed E-state index contributed by atoms with van der Waals surface area (Å²) in [5.74, 6) is 0.717. The van der Waals surface area contributed by atoms with Crippen LogP contribution >= 0.6 is 0 Å². The molecule has 5 rings (SSSR count). The summed E-state index contributed by atoms with van der Waals surface area (Å²) in [7, 11) is 1.57. The number of aromatic nitrogens is 2. The van der Waals surface area contributed by atoms with Crippen molar-refractivity contribution >= 4 is 5.91 Å². The van der Waals surface area contributed by atoms with Crippen LogP contribution in [-0.4, -0.2) is 46.4 Å². The van der Waals surface area contributed by atoms with E-state index in [1.165, 1.54) is 12.3 Å². The first-order valence-electron chi connectivity index (χ1n) is 11.4. The van der Waals surface area contributed by atoms with Crippen LogP contribution in [-0.2, 0) is 17.4 Å². The van der Waals surface area contributed by atoms with E-state index in [0.29, 0.717) is 23.7 Å². The van der Waals surface area contributed by atoms with Gasteiger partial charge in [0, 0.05) is 30.4 Å². The number of ether oxygens (including phenoxy) is 1. The van der Waals surface area contributed by atoms with Crippen LogP contribution in [0.5, 0.6) is 5.75 Å². The number of nitrogens with one attached hydrogen (secondary N) is 3. The Morgan fingerprint density at radius 2 is 1.97 bits per heavy atom. The number of methoxy groups -OCH3 is 1. The molecule has 0 bridgehead atoms. The molecule has 11 heteroatoms. The second-order valence-corrected chi connectivity index (χ2v) is 9.14. The number of fused-ring (bicyclic) bond motifs is 1. The van der Waals surface area contributed by atoms with Gasteiger partial charge in [0.25, 0.3) is 0 Å². The molecule has 2 aromatic heterocycles. The van der Waals surface area contributed by atoms with Gasteiger partial charge < -0.3 is 10.1 Å². The number of carbonyl (C=O) groups excluding carboxylic acids is 1. The van der Waals surface area contributed by atoms with Gasteiger partial charge in [-0.15, -0.1) is 0 Å². The van der Waals surface area contributed by atoms with E-state index in [2.05, 4.69) is 26.0 Å². The minimum Gasteiger partial charge on any atom is -0.495 e. The van der Waals surface area contributed by atoms with Crippen LogP contribution in [0, 0.1) is 11.8 Å². The lowest BCUT2D eigenvalue weighted by Crippen LogP contribution is -2.65. The molecule has 4 heterocycles. The average molecular weight is 477 g/mol. The van der Waals surface area contributed by atoms with Gasteiger partial charge in [0.1, 0.15) is 11.4 Å². The minimum atomic E-state index is -4.48. The third-order valence-electron chi connectivity index (χ3n) is 6.87. The predicted molar refractivity (Wildman–Crippen MR) is 116 cm³/mol. The largest absolute Gasteiger partial charge is 0.495 e. The highest BCUT2D eigenvalue weighted by Gasteiger charge is 2.55. The van der Waals surface area contributed by atoms with Gasteiger partial charge in [-0.2, -0.15) is 13.2 Å². The van der Waals surface area contributed by atoms with E-state index < -0.39 is 11.9 Å². The zero-order valence-electron chi connectivity index (χ0n) is 18.8. The molecule has 4 unspecified atom stereocenters. The third kappa shape index (κ3) is 4.47. The minimum absolute atomic E-state index is 0.0255. The molecule has 1 amide bonds. The third-order valence-corrected chi connectivity index (χ3v) is 6.87. The Morgan fingerprint density at radius 1 is 1.18 bits per heavy atom. The number of amides is 1. The zero-order valence-corrected chi connectivity index (χ0v) is 18.8. The Morgan fingerprint density at radius 3 is 2.56 bits per heavy atom. The summed E-state index contributed by atoms with van der Waals surface area (Å²) in [5, 5.41) is 8.57. The standard InChI is InChI=1S/C23H27F3N6O2/c1-12(14-5-8-17(28-10-14)23(24,25)26)32-21-19(20(31-32)13-3-4-13)22(33)30-18(29-21)9-15-6-7-16(34-2)11-27-15/h5-8,10-13,18-21,29,31H,3-4,9H2,1-2H3,(H,30,33)/t12-,18?,19?,20?,21?/m0/s1. The molecule has 34 heavy (non-hydrogen) atoms. The molecular weight excluding hydrogens is 449 g/mol. The topological polar surface area (TPSA) is 91.4 Å². The fourth-order valence-corrected chi connectivity index (χ4v) is 4.87. The molecule has 1 saturated carbocycles. The molecular formula is C23H27F3N6O2. The molecule has 5 atom stereocenters. The van der Waals surface area contributed by atoms with E-state index >= 15 is 0 Å². The van der Waals surface area contributed by atoms with Gasteiger partial charge in [0.15, 0.2) is 0 Å². The molecule has 8 nitrogen and oxygen atoms in total. The van der Waals surface area contributed by atoms with Gasteiger partial charge in [-0.3, -0.25) is 20.1 Å². The van der Waals surface area contributed by atoms with Gasteiger partial charge in [-0.25, -0.2) is 10.4 Å². The number of pyridine rings is 2. The van der Waals surface area contributed by atoms with E-state index in [-0.39, 0.29) is 36.2 Å². The monoisotopic (exact) mass is 476 g/mol. The summed E-state index contributed by atoms with van der Waals surface area (Å²) in [6, 6.07) is 5.79. The summed E-state index contributed by atoms with van der Waals surface area (Å²) in [4.78, 5) is 21.2. The first-order chi connectivity index (χ1) is 16.2. The molecule has 0 radical (unpaired) electrons. The molecule has 2 saturated heterocycles. The van der Waals surface area contributed by atoms with Crippen LogP contribution in [0.2, 0.25) is 0 Å². The van der Waals surface area contributed by atoms with Crippen molar-refractivity contribution in [2.24, 2.45) is 11.8 Å². The summed E-state index contributed by atoms with van der Waals surface area (Å²) in [6.07, 6.45) is 0.341. The Bertz CT molecular complexity index is 1030. The lowest BCUT2D eigenvalue weighted by atomic mass is 9.91. The average Bonchev–Trinajstić information content (AvgIpc) is 3.59. The van der Waals surface area contributed by atoms with Gasteiger partial charge in [0.2, 0.25) is 5.91 Å². The zero-order chi connectivity index (χ0) is 24.0. The van der Waals surface area contributed by atoms with Crippen LogP contribution in [0.25, 0.3) is 0 Å². The van der Waals surface area contributed by atoms with E-state index in [1.54, 1.807) is 13.3 Å². The van der Waals surface area contributed by atoms with Crippen molar-refractivity contribution in [3.05, 3.63) is 53.6 Å². The van der Waals surface area contributed by atoms with E-state index in [1.807, 2.05) is 24.1 Å². The number of carbonyl (C=O) groups is 1. The molecule has 3 aliphatic rings. The van der Waals surface area contributed by atoms with Gasteiger partial charge in [-0.05, 0) is 49.4 Å². The van der Waals surface area contributed by atoms with Crippen LogP contribution < -0.4 is 20.8 Å². The number of halogens is 3. The van der Waals surface area contributed by atoms with Gasteiger partial charge in [0.05, 0.1) is 31.6 Å². The lowest BCUT2D eigenvalue weighted by molar-refractivity contribution is -0.141. The first kappa shape index (κ1) is 23.0. The smallest absolute Gasteiger partial charge is 0.433 e. The van der Waals surface area contributed by atoms with E-state index in [0.717, 1.165) is 24.6 Å². The molecule has 0 aromatic carbocycles. The van der Waals surface area contributed by atoms with E-state index in [9.17, 15) is 18.0 Å². The molecule has 2 aromatic rings. The maximum atomic E-state index is 13.2. The maximum Gasteiger partial charge on any atom is 0.433 e. The van der Waals surface area contributed by atoms with Crippen LogP contribution in [0.3, 0.4) is 0 Å². The summed E-state index contributed by atoms with van der Waals surface area (Å²) < 4.78 is 44.0. The van der Waals surface area contributed by atoms with Crippen molar-refractivity contribution in [3.8, 4) is 5.75 Å². The number of hydrogen-bond donors (Lipinski definition) is 3. The lowest BCUT2D eigenvalue weighted by Gasteiger charge is -2.39. The predicted octanol–water partition coefficient (Wildman–Crippen LogP) is 2.39. The molecule has 182 valence electrons. The summed E-state index contributed by atoms with van der Waals surface area (Å²) >= 11 is 0. The van der Waals surface area contributed by atoms with Crippen molar-refractivity contribution in [1.82, 2.24) is 31.0 Å². The SMILES string of the molecule is COc1ccc(CC2NC(=O)C3C(C4CC4)NN([C@@H](C)c4ccc(C(F)(F)F)nc4)C3N2)nc1. The molecule has 0 spiro atoms. The Labute approximate surface area is 195 Å². The van der Waals surface area contributed by atoms with Crippen molar-refractivity contribution in [2.45, 2.75) is 56.8 Å². The fraction of sp³-hybridized carbons (Fsp3) is 0.522. The van der Waals surface area contributed by atoms with Crippen LogP contribution in [0.15, 0.2) is 36.7 Å². The Kier molecular flexibility index (Phi) is 5.95. The Balaban J connectivity index is 1.36. The summed E-state index contributed by atoms with van der Waals surface area (Å²) in [6.45, 7) is 1.90. The van der Waals surface area contributed by atoms with Crippen molar-refractivity contribution in [2.75, 3.05) is 7.11 Å². The number of alkyl halides is 3. The quantitative estimate of drug-likeness (QED) is 0.590. The van der Waals surface area contributed by atoms with Crippen molar-refractivity contribution in [1.29, 1.82) is 0 Å². The Hall–Kier alpha value is -2.76. The highest BCUT2D eigenvalue weighted by molar-refractivity contribution is 5.81. The normalized spacial score (nSPS) is 28.3. The molecule has 3 N–H and O–H groups in total. The fourth-order valence-electron chi connectivity index (χ4n) is 4.87. The number of nitrogens with zero attached hydrogens (tertiary/aromatic N) is 3. The van der Waals surface area contributed by atoms with Crippen LogP contribution in [0.1, 0.15) is 42.8 Å². The highest BCUT2D eigenvalue weighted by atomic mass is 19.4. The highest BCUT2D eigenvalue weighted by Crippen LogP contribution is 2.43. The van der Waals surface area contributed by atoms with Crippen LogP contribution in [0.4, 0.5) is 13.2 Å². The van der Waals surface area contributed by atoms with Gasteiger partial charge >= 0.3 is 6.18 Å².